The van der Waals surface area contributed by atoms with Crippen LogP contribution in [0.2, 0.25) is 0 Å². The Balaban J connectivity index is 1.26. The largest absolute Gasteiger partial charge is 0.481 e. The van der Waals surface area contributed by atoms with Gasteiger partial charge in [0.15, 0.2) is 0 Å². The zero-order valence-electron chi connectivity index (χ0n) is 19.1. The van der Waals surface area contributed by atoms with E-state index in [1.54, 1.807) is 0 Å². The van der Waals surface area contributed by atoms with Gasteiger partial charge in [-0.1, -0.05) is 48.5 Å². The normalized spacial score (nSPS) is 20.2. The molecular formula is C26H30N2O6. The highest BCUT2D eigenvalue weighted by atomic mass is 16.5. The number of carbonyl (C=O) groups is 3. The van der Waals surface area contributed by atoms with Gasteiger partial charge in [-0.3, -0.25) is 9.59 Å². The number of carbonyl (C=O) groups excluding carboxylic acids is 2. The first-order valence-corrected chi connectivity index (χ1v) is 11.6. The Kier molecular flexibility index (Phi) is 7.17. The van der Waals surface area contributed by atoms with E-state index in [9.17, 15) is 24.6 Å². The number of ether oxygens (including phenoxy) is 1. The number of piperidine rings is 1. The standard InChI is InChI=1S/C26H30N2O6/c1-16-10-11-17(25(31)32)14-28(16)24(30)12-18(29)13-27-26(33)34-15-23-21-8-4-2-6-19(21)20-7-3-5-9-22(20)23/h2-9,16-18,23,29H,10-15H2,1H3,(H,27,33)(H,31,32). The number of hydrogen-bond donors (Lipinski definition) is 3. The van der Waals surface area contributed by atoms with Crippen molar-refractivity contribution in [3.05, 3.63) is 59.7 Å². The Morgan fingerprint density at radius 3 is 2.29 bits per heavy atom. The molecule has 0 spiro atoms. The van der Waals surface area contributed by atoms with Gasteiger partial charge in [0.25, 0.3) is 0 Å². The zero-order valence-corrected chi connectivity index (χ0v) is 19.1. The summed E-state index contributed by atoms with van der Waals surface area (Å²) < 4.78 is 5.45. The summed E-state index contributed by atoms with van der Waals surface area (Å²) in [7, 11) is 0. The molecule has 0 saturated carbocycles. The second-order valence-corrected chi connectivity index (χ2v) is 9.07. The van der Waals surface area contributed by atoms with Gasteiger partial charge in [0.1, 0.15) is 6.61 Å². The van der Waals surface area contributed by atoms with E-state index in [4.69, 9.17) is 4.74 Å². The van der Waals surface area contributed by atoms with Gasteiger partial charge in [-0.05, 0) is 42.0 Å². The Morgan fingerprint density at radius 1 is 1.06 bits per heavy atom. The van der Waals surface area contributed by atoms with Gasteiger partial charge < -0.3 is 25.2 Å². The second kappa shape index (κ2) is 10.3. The molecule has 0 aromatic heterocycles. The van der Waals surface area contributed by atoms with Crippen LogP contribution in [-0.2, 0) is 14.3 Å². The number of carboxylic acids is 1. The van der Waals surface area contributed by atoms with Crippen LogP contribution in [0.4, 0.5) is 4.79 Å². The number of likely N-dealkylation sites (tertiary alicyclic amines) is 1. The molecule has 180 valence electrons. The highest BCUT2D eigenvalue weighted by Gasteiger charge is 2.33. The number of aliphatic carboxylic acids is 1. The fourth-order valence-corrected chi connectivity index (χ4v) is 4.90. The smallest absolute Gasteiger partial charge is 0.407 e. The van der Waals surface area contributed by atoms with E-state index in [2.05, 4.69) is 17.4 Å². The third-order valence-corrected chi connectivity index (χ3v) is 6.79. The molecule has 1 heterocycles. The summed E-state index contributed by atoms with van der Waals surface area (Å²) in [5, 5.41) is 22.0. The molecule has 1 aliphatic heterocycles. The number of fused-ring (bicyclic) bond motifs is 3. The number of aliphatic hydroxyl groups excluding tert-OH is 1. The van der Waals surface area contributed by atoms with Crippen molar-refractivity contribution in [1.29, 1.82) is 0 Å². The highest BCUT2D eigenvalue weighted by molar-refractivity contribution is 5.80. The van der Waals surface area contributed by atoms with Crippen LogP contribution in [0.5, 0.6) is 0 Å². The van der Waals surface area contributed by atoms with Crippen LogP contribution in [0.25, 0.3) is 11.1 Å². The number of amides is 2. The molecule has 4 rings (SSSR count). The second-order valence-electron chi connectivity index (χ2n) is 9.07. The van der Waals surface area contributed by atoms with Gasteiger partial charge in [-0.25, -0.2) is 4.79 Å². The molecule has 0 radical (unpaired) electrons. The third kappa shape index (κ3) is 5.07. The molecule has 0 bridgehead atoms. The van der Waals surface area contributed by atoms with Crippen molar-refractivity contribution >= 4 is 18.0 Å². The molecule has 3 atom stereocenters. The summed E-state index contributed by atoms with van der Waals surface area (Å²) in [6.07, 6.45) is -0.806. The summed E-state index contributed by atoms with van der Waals surface area (Å²) in [5.41, 5.74) is 4.49. The summed E-state index contributed by atoms with van der Waals surface area (Å²) in [6, 6.07) is 16.0. The number of nitrogens with zero attached hydrogens (tertiary/aromatic N) is 1. The molecule has 8 heteroatoms. The lowest BCUT2D eigenvalue weighted by molar-refractivity contribution is -0.147. The van der Waals surface area contributed by atoms with Gasteiger partial charge in [-0.15, -0.1) is 0 Å². The first-order valence-electron chi connectivity index (χ1n) is 11.6. The minimum absolute atomic E-state index is 0.0626. The van der Waals surface area contributed by atoms with E-state index in [0.717, 1.165) is 22.3 Å². The van der Waals surface area contributed by atoms with E-state index >= 15 is 0 Å². The number of carboxylic acid groups (broad SMARTS) is 1. The van der Waals surface area contributed by atoms with E-state index in [-0.39, 0.29) is 44.0 Å². The van der Waals surface area contributed by atoms with Crippen LogP contribution >= 0.6 is 0 Å². The lowest BCUT2D eigenvalue weighted by Crippen LogP contribution is -2.48. The van der Waals surface area contributed by atoms with Crippen LogP contribution in [0.1, 0.15) is 43.2 Å². The monoisotopic (exact) mass is 466 g/mol. The van der Waals surface area contributed by atoms with Crippen LogP contribution in [0, 0.1) is 5.92 Å². The molecule has 1 fully saturated rings. The minimum atomic E-state index is -1.09. The molecular weight excluding hydrogens is 436 g/mol. The molecule has 3 N–H and O–H groups in total. The Bertz CT molecular complexity index is 1030. The molecule has 34 heavy (non-hydrogen) atoms. The topological polar surface area (TPSA) is 116 Å². The van der Waals surface area contributed by atoms with Crippen molar-refractivity contribution in [3.63, 3.8) is 0 Å². The molecule has 1 aliphatic carbocycles. The predicted octanol–water partition coefficient (Wildman–Crippen LogP) is 2.99. The van der Waals surface area contributed by atoms with Crippen LogP contribution in [0.15, 0.2) is 48.5 Å². The van der Waals surface area contributed by atoms with Crippen molar-refractivity contribution in [1.82, 2.24) is 10.2 Å². The Morgan fingerprint density at radius 2 is 1.68 bits per heavy atom. The molecule has 2 aromatic carbocycles. The number of alkyl carbamates (subject to hydrolysis) is 1. The lowest BCUT2D eigenvalue weighted by Gasteiger charge is -2.37. The van der Waals surface area contributed by atoms with Gasteiger partial charge in [0.2, 0.25) is 5.91 Å². The first kappa shape index (κ1) is 23.8. The minimum Gasteiger partial charge on any atom is -0.481 e. The maximum Gasteiger partial charge on any atom is 0.407 e. The van der Waals surface area contributed by atoms with E-state index in [1.165, 1.54) is 4.90 Å². The Hall–Kier alpha value is -3.39. The molecule has 2 amide bonds. The van der Waals surface area contributed by atoms with E-state index in [0.29, 0.717) is 12.8 Å². The summed E-state index contributed by atoms with van der Waals surface area (Å²) in [5.74, 6) is -1.88. The number of aliphatic hydroxyl groups is 1. The maximum absolute atomic E-state index is 12.6. The third-order valence-electron chi connectivity index (χ3n) is 6.79. The van der Waals surface area contributed by atoms with Gasteiger partial charge in [-0.2, -0.15) is 0 Å². The van der Waals surface area contributed by atoms with Crippen LogP contribution in [-0.4, -0.2) is 64.9 Å². The number of rotatable bonds is 7. The maximum atomic E-state index is 12.6. The average Bonchev–Trinajstić information content (AvgIpc) is 3.15. The van der Waals surface area contributed by atoms with Crippen molar-refractivity contribution in [2.24, 2.45) is 5.92 Å². The van der Waals surface area contributed by atoms with Crippen molar-refractivity contribution in [3.8, 4) is 11.1 Å². The van der Waals surface area contributed by atoms with E-state index in [1.807, 2.05) is 43.3 Å². The molecule has 3 unspecified atom stereocenters. The fraction of sp³-hybridized carbons (Fsp3) is 0.423. The van der Waals surface area contributed by atoms with Crippen LogP contribution < -0.4 is 5.32 Å². The predicted molar refractivity (Wildman–Crippen MR) is 125 cm³/mol. The average molecular weight is 467 g/mol. The van der Waals surface area contributed by atoms with Crippen molar-refractivity contribution in [2.45, 2.75) is 44.2 Å². The van der Waals surface area contributed by atoms with Gasteiger partial charge in [0.05, 0.1) is 18.4 Å². The SMILES string of the molecule is CC1CCC(C(=O)O)CN1C(=O)CC(O)CNC(=O)OCC1c2ccccc2-c2ccccc21. The molecule has 2 aliphatic rings. The highest BCUT2D eigenvalue weighted by Crippen LogP contribution is 2.44. The lowest BCUT2D eigenvalue weighted by atomic mass is 9.93. The molecule has 8 nitrogen and oxygen atoms in total. The summed E-state index contributed by atoms with van der Waals surface area (Å²) >= 11 is 0. The van der Waals surface area contributed by atoms with E-state index < -0.39 is 24.1 Å². The van der Waals surface area contributed by atoms with Crippen molar-refractivity contribution in [2.75, 3.05) is 19.7 Å². The fourth-order valence-electron chi connectivity index (χ4n) is 4.90. The summed E-state index contributed by atoms with van der Waals surface area (Å²) in [4.78, 5) is 37.7. The first-order chi connectivity index (χ1) is 16.3. The molecule has 2 aromatic rings. The van der Waals surface area contributed by atoms with Gasteiger partial charge >= 0.3 is 12.1 Å². The van der Waals surface area contributed by atoms with Gasteiger partial charge in [0, 0.05) is 25.0 Å². The van der Waals surface area contributed by atoms with Crippen LogP contribution in [0.3, 0.4) is 0 Å². The van der Waals surface area contributed by atoms with Crippen molar-refractivity contribution < 1.29 is 29.3 Å². The number of nitrogens with one attached hydrogen (secondary N) is 1. The summed E-state index contributed by atoms with van der Waals surface area (Å²) in [6.45, 7) is 2.04. The number of benzene rings is 2. The number of hydrogen-bond acceptors (Lipinski definition) is 5. The quantitative estimate of drug-likeness (QED) is 0.578. The molecule has 1 saturated heterocycles. The zero-order chi connectivity index (χ0) is 24.2. The Labute approximate surface area is 198 Å².